The molecule has 0 amide bonds. The fraction of sp³-hybridized carbons (Fsp3) is 0.923. The molecule has 2 nitrogen and oxygen atoms in total. The SMILES string of the molecule is CC1(OC=O)CCCC2C3CCC(C3)C21. The van der Waals surface area contributed by atoms with E-state index in [4.69, 9.17) is 4.74 Å². The first-order valence-corrected chi connectivity index (χ1v) is 6.36. The summed E-state index contributed by atoms with van der Waals surface area (Å²) in [6.45, 7) is 2.84. The van der Waals surface area contributed by atoms with Gasteiger partial charge in [0.15, 0.2) is 0 Å². The van der Waals surface area contributed by atoms with Crippen LogP contribution in [0.2, 0.25) is 0 Å². The largest absolute Gasteiger partial charge is 0.461 e. The zero-order chi connectivity index (χ0) is 10.5. The minimum Gasteiger partial charge on any atom is -0.461 e. The molecule has 0 saturated heterocycles. The summed E-state index contributed by atoms with van der Waals surface area (Å²) in [7, 11) is 0. The van der Waals surface area contributed by atoms with Gasteiger partial charge < -0.3 is 4.74 Å². The van der Waals surface area contributed by atoms with Crippen molar-refractivity contribution >= 4 is 6.47 Å². The lowest BCUT2D eigenvalue weighted by atomic mass is 9.63. The summed E-state index contributed by atoms with van der Waals surface area (Å²) in [6, 6.07) is 0. The number of hydrogen-bond donors (Lipinski definition) is 0. The Balaban J connectivity index is 1.88. The van der Waals surface area contributed by atoms with Crippen LogP contribution in [0.4, 0.5) is 0 Å². The van der Waals surface area contributed by atoms with E-state index >= 15 is 0 Å². The van der Waals surface area contributed by atoms with Crippen LogP contribution in [0.5, 0.6) is 0 Å². The molecule has 3 fully saturated rings. The van der Waals surface area contributed by atoms with Crippen LogP contribution in [-0.2, 0) is 9.53 Å². The van der Waals surface area contributed by atoms with Crippen molar-refractivity contribution in [3.05, 3.63) is 0 Å². The Hall–Kier alpha value is -0.530. The molecule has 2 bridgehead atoms. The average Bonchev–Trinajstić information content (AvgIpc) is 2.78. The third-order valence-electron chi connectivity index (χ3n) is 5.32. The van der Waals surface area contributed by atoms with Gasteiger partial charge in [-0.15, -0.1) is 0 Å². The van der Waals surface area contributed by atoms with Crippen LogP contribution in [0.25, 0.3) is 0 Å². The Morgan fingerprint density at radius 2 is 2.07 bits per heavy atom. The summed E-state index contributed by atoms with van der Waals surface area (Å²) in [5, 5.41) is 0. The third kappa shape index (κ3) is 1.26. The number of fused-ring (bicyclic) bond motifs is 5. The zero-order valence-electron chi connectivity index (χ0n) is 9.45. The number of hydrogen-bond acceptors (Lipinski definition) is 2. The van der Waals surface area contributed by atoms with Crippen LogP contribution < -0.4 is 0 Å². The molecule has 0 aromatic rings. The second-order valence-electron chi connectivity index (χ2n) is 5.94. The summed E-state index contributed by atoms with van der Waals surface area (Å²) in [4.78, 5) is 10.7. The van der Waals surface area contributed by atoms with E-state index in [-0.39, 0.29) is 5.60 Å². The average molecular weight is 208 g/mol. The molecular weight excluding hydrogens is 188 g/mol. The fourth-order valence-corrected chi connectivity index (χ4v) is 4.88. The van der Waals surface area contributed by atoms with Crippen molar-refractivity contribution in [1.29, 1.82) is 0 Å². The van der Waals surface area contributed by atoms with E-state index < -0.39 is 0 Å². The molecule has 15 heavy (non-hydrogen) atoms. The Kier molecular flexibility index (Phi) is 2.08. The normalized spacial score (nSPS) is 52.6. The smallest absolute Gasteiger partial charge is 0.293 e. The van der Waals surface area contributed by atoms with E-state index in [2.05, 4.69) is 6.92 Å². The van der Waals surface area contributed by atoms with Crippen LogP contribution >= 0.6 is 0 Å². The maximum atomic E-state index is 10.7. The van der Waals surface area contributed by atoms with Crippen molar-refractivity contribution in [2.75, 3.05) is 0 Å². The minimum atomic E-state index is -0.134. The van der Waals surface area contributed by atoms with E-state index in [1.54, 1.807) is 0 Å². The van der Waals surface area contributed by atoms with Crippen LogP contribution in [0, 0.1) is 23.7 Å². The number of ether oxygens (including phenoxy) is 1. The van der Waals surface area contributed by atoms with Crippen molar-refractivity contribution in [1.82, 2.24) is 0 Å². The predicted octanol–water partition coefficient (Wildman–Crippen LogP) is 2.76. The molecule has 0 spiro atoms. The highest BCUT2D eigenvalue weighted by Gasteiger charge is 2.57. The van der Waals surface area contributed by atoms with Crippen molar-refractivity contribution in [2.45, 2.75) is 51.0 Å². The van der Waals surface area contributed by atoms with Gasteiger partial charge >= 0.3 is 0 Å². The summed E-state index contributed by atoms with van der Waals surface area (Å²) in [6.07, 6.45) is 7.92. The Morgan fingerprint density at radius 3 is 2.87 bits per heavy atom. The summed E-state index contributed by atoms with van der Waals surface area (Å²) >= 11 is 0. The maximum absolute atomic E-state index is 10.7. The lowest BCUT2D eigenvalue weighted by molar-refractivity contribution is -0.159. The molecule has 3 aliphatic carbocycles. The molecule has 0 aliphatic heterocycles. The van der Waals surface area contributed by atoms with Gasteiger partial charge in [-0.3, -0.25) is 4.79 Å². The molecule has 3 aliphatic rings. The second kappa shape index (κ2) is 3.23. The molecular formula is C13H20O2. The Morgan fingerprint density at radius 1 is 1.27 bits per heavy atom. The third-order valence-corrected chi connectivity index (χ3v) is 5.32. The molecule has 3 saturated carbocycles. The predicted molar refractivity (Wildman–Crippen MR) is 57.2 cm³/mol. The maximum Gasteiger partial charge on any atom is 0.293 e. The highest BCUT2D eigenvalue weighted by atomic mass is 16.5. The lowest BCUT2D eigenvalue weighted by Crippen LogP contribution is -2.47. The molecule has 0 heterocycles. The van der Waals surface area contributed by atoms with Gasteiger partial charge in [-0.1, -0.05) is 0 Å². The van der Waals surface area contributed by atoms with Gasteiger partial charge in [0, 0.05) is 5.92 Å². The molecule has 5 atom stereocenters. The molecule has 2 heteroatoms. The number of carbonyl (C=O) groups excluding carboxylic acids is 1. The zero-order valence-corrected chi connectivity index (χ0v) is 9.45. The number of rotatable bonds is 2. The van der Waals surface area contributed by atoms with Crippen molar-refractivity contribution < 1.29 is 9.53 Å². The molecule has 3 rings (SSSR count). The molecule has 0 aromatic heterocycles. The number of carbonyl (C=O) groups is 1. The van der Waals surface area contributed by atoms with Crippen LogP contribution in [0.1, 0.15) is 45.4 Å². The van der Waals surface area contributed by atoms with Gasteiger partial charge in [0.05, 0.1) is 0 Å². The quantitative estimate of drug-likeness (QED) is 0.652. The lowest BCUT2D eigenvalue weighted by Gasteiger charge is -2.46. The van der Waals surface area contributed by atoms with Crippen LogP contribution in [0.15, 0.2) is 0 Å². The molecule has 0 aromatic carbocycles. The van der Waals surface area contributed by atoms with E-state index in [0.717, 1.165) is 24.2 Å². The Bertz CT molecular complexity index is 276. The summed E-state index contributed by atoms with van der Waals surface area (Å²) in [5.74, 6) is 3.35. The molecule has 5 unspecified atom stereocenters. The van der Waals surface area contributed by atoms with Gasteiger partial charge in [0.25, 0.3) is 6.47 Å². The molecule has 84 valence electrons. The Labute approximate surface area is 91.4 Å². The van der Waals surface area contributed by atoms with Gasteiger partial charge in [0.2, 0.25) is 0 Å². The van der Waals surface area contributed by atoms with Crippen molar-refractivity contribution in [3.8, 4) is 0 Å². The van der Waals surface area contributed by atoms with E-state index in [0.29, 0.717) is 12.4 Å². The first-order valence-electron chi connectivity index (χ1n) is 6.36. The van der Waals surface area contributed by atoms with Crippen molar-refractivity contribution in [3.63, 3.8) is 0 Å². The van der Waals surface area contributed by atoms with Gasteiger partial charge in [-0.05, 0) is 63.2 Å². The van der Waals surface area contributed by atoms with Crippen molar-refractivity contribution in [2.24, 2.45) is 23.7 Å². The topological polar surface area (TPSA) is 26.3 Å². The van der Waals surface area contributed by atoms with Gasteiger partial charge in [-0.25, -0.2) is 0 Å². The standard InChI is InChI=1S/C13H20O2/c1-13(15-8-14)6-2-3-11-9-4-5-10(7-9)12(11)13/h8-12H,2-7H2,1H3. The summed E-state index contributed by atoms with van der Waals surface area (Å²) in [5.41, 5.74) is -0.134. The van der Waals surface area contributed by atoms with Gasteiger partial charge in [0.1, 0.15) is 5.60 Å². The second-order valence-corrected chi connectivity index (χ2v) is 5.94. The highest BCUT2D eigenvalue weighted by molar-refractivity contribution is 5.38. The van der Waals surface area contributed by atoms with Gasteiger partial charge in [-0.2, -0.15) is 0 Å². The van der Waals surface area contributed by atoms with E-state index in [1.807, 2.05) is 0 Å². The first-order chi connectivity index (χ1) is 7.24. The monoisotopic (exact) mass is 208 g/mol. The van der Waals surface area contributed by atoms with Crippen LogP contribution in [-0.4, -0.2) is 12.1 Å². The van der Waals surface area contributed by atoms with E-state index in [1.165, 1.54) is 32.1 Å². The highest BCUT2D eigenvalue weighted by Crippen LogP contribution is 2.60. The van der Waals surface area contributed by atoms with E-state index in [9.17, 15) is 4.79 Å². The minimum absolute atomic E-state index is 0.134. The first kappa shape index (κ1) is 9.68. The molecule has 0 N–H and O–H groups in total. The molecule has 0 radical (unpaired) electrons. The fourth-order valence-electron chi connectivity index (χ4n) is 4.88. The van der Waals surface area contributed by atoms with Crippen LogP contribution in [0.3, 0.4) is 0 Å². The summed E-state index contributed by atoms with van der Waals surface area (Å²) < 4.78 is 5.46.